The first-order valence-corrected chi connectivity index (χ1v) is 11.6. The van der Waals surface area contributed by atoms with Crippen molar-refractivity contribution in [3.8, 4) is 0 Å². The summed E-state index contributed by atoms with van der Waals surface area (Å²) in [4.78, 5) is 37.8. The first-order chi connectivity index (χ1) is 16.8. The third-order valence-corrected chi connectivity index (χ3v) is 6.42. The maximum atomic E-state index is 13.8. The number of benzene rings is 4. The molecular weight excluding hydrogens is 467 g/mol. The molecule has 0 saturated carbocycles. The molecule has 176 valence electrons. The Balaban J connectivity index is 1.44. The first-order valence-electron chi connectivity index (χ1n) is 10.7. The number of carbonyl (C=O) groups excluding carboxylic acids is 2. The van der Waals surface area contributed by atoms with E-state index < -0.39 is 22.9 Å². The Morgan fingerprint density at radius 3 is 2.14 bits per heavy atom. The van der Waals surface area contributed by atoms with Gasteiger partial charge in [-0.15, -0.1) is 11.8 Å². The molecule has 3 N–H and O–H groups in total. The zero-order valence-electron chi connectivity index (χ0n) is 18.6. The lowest BCUT2D eigenvalue weighted by molar-refractivity contribution is -0.115. The molecule has 0 aromatic heterocycles. The van der Waals surface area contributed by atoms with Gasteiger partial charge < -0.3 is 15.7 Å². The summed E-state index contributed by atoms with van der Waals surface area (Å²) >= 11 is 1.30. The van der Waals surface area contributed by atoms with Crippen LogP contribution < -0.4 is 10.6 Å². The lowest BCUT2D eigenvalue weighted by Gasteiger charge is -2.13. The van der Waals surface area contributed by atoms with Crippen molar-refractivity contribution >= 4 is 51.7 Å². The Hall–Kier alpha value is -4.17. The summed E-state index contributed by atoms with van der Waals surface area (Å²) in [6, 6.07) is 22.8. The second-order valence-corrected chi connectivity index (χ2v) is 9.14. The standard InChI is InChI=1S/C27H21FN2O4S/c1-16(25(31)30-23-11-3-2-10-22(23)28)35-19-14-12-18(13-15-19)29-26(32)20-8-4-6-17-7-5-9-21(24(17)20)27(33)34/h2-16H,1H3,(H,29,32)(H,30,31)(H,33,34). The minimum Gasteiger partial charge on any atom is -0.478 e. The van der Waals surface area contributed by atoms with Crippen molar-refractivity contribution in [2.45, 2.75) is 17.1 Å². The van der Waals surface area contributed by atoms with Gasteiger partial charge in [0.25, 0.3) is 5.91 Å². The average Bonchev–Trinajstić information content (AvgIpc) is 2.85. The van der Waals surface area contributed by atoms with E-state index in [9.17, 15) is 23.9 Å². The number of fused-ring (bicyclic) bond motifs is 1. The molecule has 0 aliphatic rings. The van der Waals surface area contributed by atoms with E-state index in [4.69, 9.17) is 0 Å². The molecule has 0 spiro atoms. The number of halogens is 1. The van der Waals surface area contributed by atoms with Crippen LogP contribution >= 0.6 is 11.8 Å². The van der Waals surface area contributed by atoms with Crippen molar-refractivity contribution in [2.24, 2.45) is 0 Å². The van der Waals surface area contributed by atoms with E-state index in [0.29, 0.717) is 16.5 Å². The second kappa shape index (κ2) is 10.4. The Bertz CT molecular complexity index is 1420. The van der Waals surface area contributed by atoms with E-state index in [-0.39, 0.29) is 22.7 Å². The Morgan fingerprint density at radius 2 is 1.49 bits per heavy atom. The maximum Gasteiger partial charge on any atom is 0.336 e. The fourth-order valence-corrected chi connectivity index (χ4v) is 4.45. The van der Waals surface area contributed by atoms with E-state index in [1.807, 2.05) is 0 Å². The number of carbonyl (C=O) groups is 3. The number of amides is 2. The van der Waals surface area contributed by atoms with Gasteiger partial charge in [-0.25, -0.2) is 9.18 Å². The monoisotopic (exact) mass is 488 g/mol. The highest BCUT2D eigenvalue weighted by molar-refractivity contribution is 8.00. The van der Waals surface area contributed by atoms with Crippen LogP contribution in [0.4, 0.5) is 15.8 Å². The number of hydrogen-bond acceptors (Lipinski definition) is 4. The molecule has 1 atom stereocenters. The lowest BCUT2D eigenvalue weighted by atomic mass is 9.98. The molecule has 0 saturated heterocycles. The molecule has 0 radical (unpaired) electrons. The van der Waals surface area contributed by atoms with Crippen LogP contribution in [0.2, 0.25) is 0 Å². The summed E-state index contributed by atoms with van der Waals surface area (Å²) < 4.78 is 13.8. The largest absolute Gasteiger partial charge is 0.478 e. The van der Waals surface area contributed by atoms with Gasteiger partial charge in [0.05, 0.1) is 16.5 Å². The van der Waals surface area contributed by atoms with Crippen LogP contribution in [0.15, 0.2) is 89.8 Å². The van der Waals surface area contributed by atoms with Crippen LogP contribution in [0.3, 0.4) is 0 Å². The summed E-state index contributed by atoms with van der Waals surface area (Å²) in [5.41, 5.74) is 0.968. The van der Waals surface area contributed by atoms with Gasteiger partial charge in [0.2, 0.25) is 5.91 Å². The molecule has 0 aliphatic heterocycles. The predicted molar refractivity (Wildman–Crippen MR) is 136 cm³/mol. The van der Waals surface area contributed by atoms with Gasteiger partial charge in [-0.3, -0.25) is 9.59 Å². The minimum absolute atomic E-state index is 0.0580. The molecule has 0 bridgehead atoms. The normalized spacial score (nSPS) is 11.6. The molecule has 4 aromatic rings. The maximum absolute atomic E-state index is 13.8. The highest BCUT2D eigenvalue weighted by atomic mass is 32.2. The van der Waals surface area contributed by atoms with E-state index >= 15 is 0 Å². The van der Waals surface area contributed by atoms with Crippen LogP contribution in [0.5, 0.6) is 0 Å². The Kier molecular flexibility index (Phi) is 7.12. The van der Waals surface area contributed by atoms with Crippen LogP contribution in [0.25, 0.3) is 10.8 Å². The van der Waals surface area contributed by atoms with Gasteiger partial charge >= 0.3 is 5.97 Å². The highest BCUT2D eigenvalue weighted by Gasteiger charge is 2.18. The van der Waals surface area contributed by atoms with Crippen molar-refractivity contribution < 1.29 is 23.9 Å². The molecule has 6 nitrogen and oxygen atoms in total. The fraction of sp³-hybridized carbons (Fsp3) is 0.0741. The van der Waals surface area contributed by atoms with Gasteiger partial charge in [-0.05, 0) is 60.8 Å². The number of rotatable bonds is 7. The third kappa shape index (κ3) is 5.50. The Labute approximate surface area is 205 Å². The molecular formula is C27H21FN2O4S. The number of aromatic carboxylic acids is 1. The van der Waals surface area contributed by atoms with Crippen LogP contribution in [0.1, 0.15) is 27.6 Å². The quantitative estimate of drug-likeness (QED) is 0.275. The first kappa shape index (κ1) is 24.0. The van der Waals surface area contributed by atoms with Crippen molar-refractivity contribution in [3.05, 3.63) is 102 Å². The Morgan fingerprint density at radius 1 is 0.829 bits per heavy atom. The predicted octanol–water partition coefficient (Wildman–Crippen LogP) is 6.05. The zero-order valence-corrected chi connectivity index (χ0v) is 19.4. The molecule has 4 rings (SSSR count). The molecule has 4 aromatic carbocycles. The number of hydrogen-bond donors (Lipinski definition) is 3. The topological polar surface area (TPSA) is 95.5 Å². The van der Waals surface area contributed by atoms with E-state index in [1.165, 1.54) is 30.0 Å². The summed E-state index contributed by atoms with van der Waals surface area (Å²) in [7, 11) is 0. The number of anilines is 2. The van der Waals surface area contributed by atoms with E-state index in [0.717, 1.165) is 4.90 Å². The second-order valence-electron chi connectivity index (χ2n) is 7.72. The van der Waals surface area contributed by atoms with Crippen molar-refractivity contribution in [1.82, 2.24) is 0 Å². The third-order valence-electron chi connectivity index (χ3n) is 5.31. The summed E-state index contributed by atoms with van der Waals surface area (Å²) in [6.45, 7) is 1.72. The van der Waals surface area contributed by atoms with Gasteiger partial charge in [-0.1, -0.05) is 36.4 Å². The molecule has 0 heterocycles. The molecule has 35 heavy (non-hydrogen) atoms. The summed E-state index contributed by atoms with van der Waals surface area (Å²) in [5, 5.41) is 15.5. The van der Waals surface area contributed by atoms with Crippen LogP contribution in [0, 0.1) is 5.82 Å². The van der Waals surface area contributed by atoms with Crippen molar-refractivity contribution in [2.75, 3.05) is 10.6 Å². The van der Waals surface area contributed by atoms with E-state index in [1.54, 1.807) is 73.7 Å². The average molecular weight is 489 g/mol. The van der Waals surface area contributed by atoms with Crippen molar-refractivity contribution in [1.29, 1.82) is 0 Å². The number of thioether (sulfide) groups is 1. The summed E-state index contributed by atoms with van der Waals surface area (Å²) in [5.74, 6) is -2.37. The van der Waals surface area contributed by atoms with Gasteiger partial charge in [0, 0.05) is 21.5 Å². The summed E-state index contributed by atoms with van der Waals surface area (Å²) in [6.07, 6.45) is 0. The van der Waals surface area contributed by atoms with Gasteiger partial charge in [0.15, 0.2) is 0 Å². The van der Waals surface area contributed by atoms with Gasteiger partial charge in [-0.2, -0.15) is 0 Å². The lowest BCUT2D eigenvalue weighted by Crippen LogP contribution is -2.22. The SMILES string of the molecule is CC(Sc1ccc(NC(=O)c2cccc3cccc(C(=O)O)c23)cc1)C(=O)Nc1ccccc1F. The van der Waals surface area contributed by atoms with Crippen LogP contribution in [-0.4, -0.2) is 28.1 Å². The zero-order chi connectivity index (χ0) is 24.9. The highest BCUT2D eigenvalue weighted by Crippen LogP contribution is 2.27. The van der Waals surface area contributed by atoms with Crippen LogP contribution in [-0.2, 0) is 4.79 Å². The smallest absolute Gasteiger partial charge is 0.336 e. The molecule has 8 heteroatoms. The fourth-order valence-electron chi connectivity index (χ4n) is 3.58. The number of para-hydroxylation sites is 1. The number of carboxylic acids is 1. The van der Waals surface area contributed by atoms with Crippen molar-refractivity contribution in [3.63, 3.8) is 0 Å². The minimum atomic E-state index is -1.11. The van der Waals surface area contributed by atoms with Gasteiger partial charge in [0.1, 0.15) is 5.82 Å². The molecule has 2 amide bonds. The molecule has 1 unspecified atom stereocenters. The van der Waals surface area contributed by atoms with E-state index in [2.05, 4.69) is 10.6 Å². The molecule has 0 aliphatic carbocycles. The number of nitrogens with one attached hydrogen (secondary N) is 2. The molecule has 0 fully saturated rings. The number of carboxylic acid groups (broad SMARTS) is 1.